The summed E-state index contributed by atoms with van der Waals surface area (Å²) in [7, 11) is -2.15. The lowest BCUT2D eigenvalue weighted by Gasteiger charge is -2.52. The Hall–Kier alpha value is -3.49. The molecule has 6 atom stereocenters. The van der Waals surface area contributed by atoms with Gasteiger partial charge in [0.25, 0.3) is 5.91 Å². The molecule has 8 rings (SSSR count). The van der Waals surface area contributed by atoms with Gasteiger partial charge < -0.3 is 18.9 Å². The van der Waals surface area contributed by atoms with Crippen molar-refractivity contribution in [1.29, 1.82) is 0 Å². The van der Waals surface area contributed by atoms with Crippen molar-refractivity contribution >= 4 is 33.2 Å². The molecule has 3 aliphatic heterocycles. The van der Waals surface area contributed by atoms with Crippen LogP contribution >= 0.6 is 11.6 Å². The molecule has 3 aromatic rings. The lowest BCUT2D eigenvalue weighted by Crippen LogP contribution is -2.59. The molecule has 0 unspecified atom stereocenters. The number of ether oxygens (including phenoxy) is 2. The number of piperazine rings is 1. The largest absolute Gasteiger partial charge is 0.490 e. The number of hydrogen-bond donors (Lipinski definition) is 1. The van der Waals surface area contributed by atoms with Crippen molar-refractivity contribution in [2.75, 3.05) is 64.4 Å². The molecule has 302 valence electrons. The number of sulfonamides is 1. The van der Waals surface area contributed by atoms with Gasteiger partial charge in [0.15, 0.2) is 5.82 Å². The number of nitrogens with zero attached hydrogens (tertiary/aromatic N) is 5. The van der Waals surface area contributed by atoms with Crippen LogP contribution in [0.5, 0.6) is 5.75 Å². The van der Waals surface area contributed by atoms with E-state index in [-0.39, 0.29) is 17.3 Å². The predicted molar refractivity (Wildman–Crippen MR) is 216 cm³/mol. The standard InChI is InChI=1S/C42H55ClN6O6S/c1-28-7-5-16-42(53-4,26-48-19-17-47(18-20-48)24-39-44-30(3)45-55-39)36-12-9-33(36)23-49-25-41(15-6-8-31-21-34(43)11-13-35(31)41)27-54-38-14-10-32(22-37(38)49)40(50)46-56(51,52)29(28)2/h5,10-11,13-14,16,21-22,28-29,33,36H,6-9,12,15,17-20,23-27H2,1-4H3,(H,46,50)/b16-5-/t28-,29+,33-,36+,41-,42+/m0/s1. The minimum Gasteiger partial charge on any atom is -0.490 e. The SMILES string of the molecule is CO[C@@]1(CN2CCN(Cc3nc(C)no3)CC2)/C=C\C[C@H](C)[C@@H](C)S(=O)(=O)NC(=O)c2ccc3c(c2)N(C[C@@H]2CC[C@H]21)C[C@@]1(CCCc2cc(Cl)ccc21)CO3. The van der Waals surface area contributed by atoms with Crippen LogP contribution in [0.2, 0.25) is 5.02 Å². The molecule has 5 aliphatic rings. The summed E-state index contributed by atoms with van der Waals surface area (Å²) < 4.78 is 48.5. The molecule has 2 bridgehead atoms. The number of amides is 1. The normalized spacial score (nSPS) is 31.7. The van der Waals surface area contributed by atoms with Crippen LogP contribution in [0.25, 0.3) is 0 Å². The van der Waals surface area contributed by atoms with E-state index >= 15 is 0 Å². The van der Waals surface area contributed by atoms with Crippen LogP contribution in [0.3, 0.4) is 0 Å². The highest BCUT2D eigenvalue weighted by molar-refractivity contribution is 7.90. The number of allylic oxidation sites excluding steroid dienone is 1. The third-order valence-electron chi connectivity index (χ3n) is 13.5. The van der Waals surface area contributed by atoms with E-state index in [0.29, 0.717) is 55.1 Å². The fraction of sp³-hybridized carbons (Fsp3) is 0.595. The number of nitrogens with one attached hydrogen (secondary N) is 1. The molecule has 56 heavy (non-hydrogen) atoms. The number of methoxy groups -OCH3 is 1. The van der Waals surface area contributed by atoms with Crippen molar-refractivity contribution in [3.63, 3.8) is 0 Å². The van der Waals surface area contributed by atoms with E-state index in [1.54, 1.807) is 13.0 Å². The van der Waals surface area contributed by atoms with E-state index in [0.717, 1.165) is 82.1 Å². The number of aryl methyl sites for hydroxylation is 2. The molecule has 4 heterocycles. The second kappa shape index (κ2) is 15.7. The summed E-state index contributed by atoms with van der Waals surface area (Å²) >= 11 is 6.51. The van der Waals surface area contributed by atoms with E-state index in [1.165, 1.54) is 11.1 Å². The number of carbonyl (C=O) groups is 1. The van der Waals surface area contributed by atoms with E-state index in [2.05, 4.69) is 53.8 Å². The van der Waals surface area contributed by atoms with Gasteiger partial charge in [0, 0.05) is 68.9 Å². The first-order chi connectivity index (χ1) is 26.9. The zero-order valence-corrected chi connectivity index (χ0v) is 34.6. The van der Waals surface area contributed by atoms with Crippen LogP contribution in [0, 0.1) is 24.7 Å². The van der Waals surface area contributed by atoms with Crippen molar-refractivity contribution in [2.45, 2.75) is 82.1 Å². The molecule has 1 spiro atoms. The molecule has 1 amide bonds. The van der Waals surface area contributed by atoms with Crippen molar-refractivity contribution in [2.24, 2.45) is 17.8 Å². The Kier molecular flexibility index (Phi) is 11.0. The molecule has 1 saturated carbocycles. The van der Waals surface area contributed by atoms with Crippen LogP contribution in [-0.4, -0.2) is 105 Å². The van der Waals surface area contributed by atoms with E-state index in [4.69, 9.17) is 25.6 Å². The van der Waals surface area contributed by atoms with Crippen molar-refractivity contribution < 1.29 is 27.2 Å². The predicted octanol–water partition coefficient (Wildman–Crippen LogP) is 5.78. The molecule has 2 aromatic carbocycles. The average Bonchev–Trinajstić information content (AvgIpc) is 3.51. The number of anilines is 1. The topological polar surface area (TPSA) is 130 Å². The van der Waals surface area contributed by atoms with Gasteiger partial charge in [-0.25, -0.2) is 13.1 Å². The lowest BCUT2D eigenvalue weighted by molar-refractivity contribution is -0.0958. The maximum absolute atomic E-state index is 13.7. The summed E-state index contributed by atoms with van der Waals surface area (Å²) in [4.78, 5) is 25.4. The van der Waals surface area contributed by atoms with Crippen molar-refractivity contribution in [3.05, 3.63) is 82.0 Å². The van der Waals surface area contributed by atoms with Gasteiger partial charge in [-0.3, -0.25) is 14.6 Å². The molecule has 14 heteroatoms. The van der Waals surface area contributed by atoms with Crippen LogP contribution in [0.4, 0.5) is 5.69 Å². The highest BCUT2D eigenvalue weighted by Crippen LogP contribution is 2.49. The maximum atomic E-state index is 13.7. The zero-order chi connectivity index (χ0) is 39.2. The molecule has 12 nitrogen and oxygen atoms in total. The Morgan fingerprint density at radius 1 is 1.07 bits per heavy atom. The molecule has 0 radical (unpaired) electrons. The quantitative estimate of drug-likeness (QED) is 0.315. The minimum atomic E-state index is -3.98. The summed E-state index contributed by atoms with van der Waals surface area (Å²) in [6.07, 6.45) is 9.92. The average molecular weight is 807 g/mol. The number of aromatic nitrogens is 2. The lowest BCUT2D eigenvalue weighted by atomic mass is 9.63. The van der Waals surface area contributed by atoms with Crippen molar-refractivity contribution in [1.82, 2.24) is 24.7 Å². The Labute approximate surface area is 336 Å². The van der Waals surface area contributed by atoms with Gasteiger partial charge in [0.05, 0.1) is 24.1 Å². The molecule has 1 saturated heterocycles. The molecular formula is C42H55ClN6O6S. The fourth-order valence-electron chi connectivity index (χ4n) is 9.86. The van der Waals surface area contributed by atoms with Gasteiger partial charge in [0.1, 0.15) is 11.4 Å². The third-order valence-corrected chi connectivity index (χ3v) is 15.6. The number of benzene rings is 2. The number of hydrogen-bond acceptors (Lipinski definition) is 11. The van der Waals surface area contributed by atoms with Crippen LogP contribution in [-0.2, 0) is 33.1 Å². The van der Waals surface area contributed by atoms with Crippen LogP contribution in [0.15, 0.2) is 53.1 Å². The van der Waals surface area contributed by atoms with Gasteiger partial charge >= 0.3 is 0 Å². The maximum Gasteiger partial charge on any atom is 0.264 e. The Morgan fingerprint density at radius 2 is 1.88 bits per heavy atom. The van der Waals surface area contributed by atoms with E-state index < -0.39 is 26.8 Å². The first-order valence-electron chi connectivity index (χ1n) is 20.2. The Balaban J connectivity index is 1.14. The molecule has 2 aliphatic carbocycles. The molecule has 1 aromatic heterocycles. The zero-order valence-electron chi connectivity index (χ0n) is 33.0. The molecular weight excluding hydrogens is 752 g/mol. The smallest absolute Gasteiger partial charge is 0.264 e. The third kappa shape index (κ3) is 7.74. The summed E-state index contributed by atoms with van der Waals surface area (Å²) in [5, 5.41) is 3.90. The van der Waals surface area contributed by atoms with Crippen molar-refractivity contribution in [3.8, 4) is 5.75 Å². The minimum absolute atomic E-state index is 0.222. The molecule has 2 fully saturated rings. The number of rotatable bonds is 5. The first-order valence-corrected chi connectivity index (χ1v) is 22.1. The first kappa shape index (κ1) is 39.3. The number of halogens is 1. The van der Waals surface area contributed by atoms with Gasteiger partial charge in [0.2, 0.25) is 15.9 Å². The van der Waals surface area contributed by atoms with Gasteiger partial charge in [-0.2, -0.15) is 4.98 Å². The fourth-order valence-corrected chi connectivity index (χ4v) is 11.3. The second-order valence-corrected chi connectivity index (χ2v) is 19.4. The summed E-state index contributed by atoms with van der Waals surface area (Å²) in [5.74, 6) is 1.65. The van der Waals surface area contributed by atoms with E-state index in [1.807, 2.05) is 39.2 Å². The summed E-state index contributed by atoms with van der Waals surface area (Å²) in [6, 6.07) is 11.6. The summed E-state index contributed by atoms with van der Waals surface area (Å²) in [5.41, 5.74) is 2.78. The van der Waals surface area contributed by atoms with Gasteiger partial charge in [-0.1, -0.05) is 41.9 Å². The highest BCUT2D eigenvalue weighted by Gasteiger charge is 2.50. The summed E-state index contributed by atoms with van der Waals surface area (Å²) in [6.45, 7) is 12.3. The van der Waals surface area contributed by atoms with Gasteiger partial charge in [-0.15, -0.1) is 0 Å². The van der Waals surface area contributed by atoms with Crippen LogP contribution < -0.4 is 14.4 Å². The highest BCUT2D eigenvalue weighted by atomic mass is 35.5. The Bertz CT molecular complexity index is 2070. The Morgan fingerprint density at radius 3 is 2.61 bits per heavy atom. The van der Waals surface area contributed by atoms with Gasteiger partial charge in [-0.05, 0) is 112 Å². The number of fused-ring (bicyclic) bond motifs is 4. The van der Waals surface area contributed by atoms with Crippen LogP contribution in [0.1, 0.15) is 79.2 Å². The second-order valence-electron chi connectivity index (χ2n) is 17.0. The van der Waals surface area contributed by atoms with E-state index in [9.17, 15) is 13.2 Å². The monoisotopic (exact) mass is 806 g/mol. The number of carbonyl (C=O) groups excluding carboxylic acids is 1. The molecule has 1 N–H and O–H groups in total.